The molecule has 1 aromatic rings. The minimum atomic E-state index is 0.0915. The number of hydrogen-bond acceptors (Lipinski definition) is 3. The van der Waals surface area contributed by atoms with Crippen LogP contribution in [0.25, 0.3) is 0 Å². The molecule has 2 N–H and O–H groups in total. The van der Waals surface area contributed by atoms with Crippen LogP contribution in [0.15, 0.2) is 24.3 Å². The van der Waals surface area contributed by atoms with Gasteiger partial charge in [0.2, 0.25) is 5.91 Å². The molecule has 1 saturated carbocycles. The van der Waals surface area contributed by atoms with Crippen LogP contribution in [0.3, 0.4) is 0 Å². The Kier molecular flexibility index (Phi) is 5.83. The predicted octanol–water partition coefficient (Wildman–Crippen LogP) is 2.60. The highest BCUT2D eigenvalue weighted by Crippen LogP contribution is 2.26. The molecule has 0 spiro atoms. The number of likely N-dealkylation sites (N-methyl/N-ethyl adjacent to an activating group) is 1. The van der Waals surface area contributed by atoms with Gasteiger partial charge in [-0.1, -0.05) is 24.6 Å². The Balaban J connectivity index is 1.99. The fourth-order valence-electron chi connectivity index (χ4n) is 3.28. The topological polar surface area (TPSA) is 55.6 Å². The van der Waals surface area contributed by atoms with Crippen molar-refractivity contribution in [2.45, 2.75) is 51.1 Å². The van der Waals surface area contributed by atoms with Gasteiger partial charge in [0.15, 0.2) is 0 Å². The third kappa shape index (κ3) is 4.01. The molecule has 1 amide bonds. The van der Waals surface area contributed by atoms with Gasteiger partial charge in [-0.25, -0.2) is 0 Å². The number of hydrogen-bond donors (Lipinski definition) is 1. The van der Waals surface area contributed by atoms with E-state index in [-0.39, 0.29) is 23.9 Å². The Labute approximate surface area is 133 Å². The van der Waals surface area contributed by atoms with Gasteiger partial charge in [-0.3, -0.25) is 4.79 Å². The summed E-state index contributed by atoms with van der Waals surface area (Å²) in [5.41, 5.74) is 7.15. The van der Waals surface area contributed by atoms with E-state index in [2.05, 4.69) is 13.0 Å². The number of nitrogens with zero attached hydrogens (tertiary/aromatic N) is 1. The second-order valence-electron chi connectivity index (χ2n) is 6.44. The lowest BCUT2D eigenvalue weighted by Crippen LogP contribution is -2.43. The lowest BCUT2D eigenvalue weighted by Gasteiger charge is -2.32. The van der Waals surface area contributed by atoms with Crippen molar-refractivity contribution in [3.8, 4) is 5.75 Å². The largest absolute Gasteiger partial charge is 0.496 e. The number of para-hydroxylation sites is 1. The Hall–Kier alpha value is -1.55. The minimum absolute atomic E-state index is 0.0915. The first kappa shape index (κ1) is 16.8. The first-order chi connectivity index (χ1) is 10.5. The van der Waals surface area contributed by atoms with Crippen molar-refractivity contribution in [3.63, 3.8) is 0 Å². The van der Waals surface area contributed by atoms with Crippen LogP contribution in [0.5, 0.6) is 5.75 Å². The molecule has 0 heterocycles. The Morgan fingerprint density at radius 2 is 2.14 bits per heavy atom. The third-order valence-electron chi connectivity index (χ3n) is 4.78. The number of ether oxygens (including phenoxy) is 1. The molecule has 1 aromatic carbocycles. The minimum Gasteiger partial charge on any atom is -0.496 e. The van der Waals surface area contributed by atoms with Crippen LogP contribution in [-0.2, 0) is 11.2 Å². The number of carbonyl (C=O) groups is 1. The fourth-order valence-corrected chi connectivity index (χ4v) is 3.28. The zero-order valence-corrected chi connectivity index (χ0v) is 13.9. The smallest absolute Gasteiger partial charge is 0.225 e. The van der Waals surface area contributed by atoms with E-state index < -0.39 is 0 Å². The molecule has 0 aromatic heterocycles. The highest BCUT2D eigenvalue weighted by atomic mass is 16.5. The summed E-state index contributed by atoms with van der Waals surface area (Å²) >= 11 is 0. The van der Waals surface area contributed by atoms with Gasteiger partial charge < -0.3 is 15.4 Å². The van der Waals surface area contributed by atoms with Gasteiger partial charge in [-0.05, 0) is 44.2 Å². The standard InChI is InChI=1S/C18H28N2O2/c1-13(11-14-7-4-5-10-17(14)22-3)20(2)18(21)15-8-6-9-16(19)12-15/h4-5,7,10,13,15-16H,6,8-9,11-12,19H2,1-3H3. The molecule has 2 rings (SSSR count). The van der Waals surface area contributed by atoms with Crippen LogP contribution in [0.2, 0.25) is 0 Å². The number of rotatable bonds is 5. The molecule has 0 radical (unpaired) electrons. The lowest BCUT2D eigenvalue weighted by molar-refractivity contribution is -0.137. The summed E-state index contributed by atoms with van der Waals surface area (Å²) in [6, 6.07) is 8.31. The maximum atomic E-state index is 12.7. The molecule has 1 aliphatic rings. The van der Waals surface area contributed by atoms with Crippen LogP contribution in [0.4, 0.5) is 0 Å². The Bertz CT molecular complexity index is 504. The van der Waals surface area contributed by atoms with E-state index in [0.717, 1.165) is 43.4 Å². The molecule has 3 atom stereocenters. The van der Waals surface area contributed by atoms with Crippen molar-refractivity contribution >= 4 is 5.91 Å². The lowest BCUT2D eigenvalue weighted by atomic mass is 9.85. The normalized spacial score (nSPS) is 22.9. The van der Waals surface area contributed by atoms with Gasteiger partial charge in [-0.2, -0.15) is 0 Å². The average molecular weight is 304 g/mol. The fraction of sp³-hybridized carbons (Fsp3) is 0.611. The summed E-state index contributed by atoms with van der Waals surface area (Å²) in [6.45, 7) is 2.09. The van der Waals surface area contributed by atoms with Crippen LogP contribution in [0.1, 0.15) is 38.2 Å². The molecule has 1 aliphatic carbocycles. The number of nitrogens with two attached hydrogens (primary N) is 1. The molecule has 3 unspecified atom stereocenters. The van der Waals surface area contributed by atoms with Gasteiger partial charge in [0, 0.05) is 25.0 Å². The number of benzene rings is 1. The quantitative estimate of drug-likeness (QED) is 0.909. The summed E-state index contributed by atoms with van der Waals surface area (Å²) in [7, 11) is 3.59. The third-order valence-corrected chi connectivity index (χ3v) is 4.78. The van der Waals surface area contributed by atoms with E-state index >= 15 is 0 Å². The van der Waals surface area contributed by atoms with E-state index in [4.69, 9.17) is 10.5 Å². The van der Waals surface area contributed by atoms with Crippen LogP contribution < -0.4 is 10.5 Å². The number of carbonyl (C=O) groups excluding carboxylic acids is 1. The van der Waals surface area contributed by atoms with E-state index in [1.54, 1.807) is 7.11 Å². The average Bonchev–Trinajstić information content (AvgIpc) is 2.54. The first-order valence-corrected chi connectivity index (χ1v) is 8.17. The summed E-state index contributed by atoms with van der Waals surface area (Å²) in [6.07, 6.45) is 4.70. The molecule has 0 bridgehead atoms. The molecular formula is C18H28N2O2. The zero-order chi connectivity index (χ0) is 16.1. The molecule has 0 aliphatic heterocycles. The molecule has 4 nitrogen and oxygen atoms in total. The highest BCUT2D eigenvalue weighted by molar-refractivity contribution is 5.79. The Morgan fingerprint density at radius 1 is 1.41 bits per heavy atom. The molecule has 4 heteroatoms. The van der Waals surface area contributed by atoms with Crippen molar-refractivity contribution in [2.75, 3.05) is 14.2 Å². The predicted molar refractivity (Wildman–Crippen MR) is 88.9 cm³/mol. The maximum absolute atomic E-state index is 12.7. The van der Waals surface area contributed by atoms with Gasteiger partial charge in [0.05, 0.1) is 7.11 Å². The van der Waals surface area contributed by atoms with Crippen molar-refractivity contribution in [1.82, 2.24) is 4.90 Å². The van der Waals surface area contributed by atoms with E-state index in [1.165, 1.54) is 0 Å². The Morgan fingerprint density at radius 3 is 2.82 bits per heavy atom. The summed E-state index contributed by atoms with van der Waals surface area (Å²) < 4.78 is 5.40. The molecule has 0 saturated heterocycles. The molecule has 22 heavy (non-hydrogen) atoms. The summed E-state index contributed by atoms with van der Waals surface area (Å²) in [4.78, 5) is 14.6. The molecule has 1 fully saturated rings. The van der Waals surface area contributed by atoms with E-state index in [1.807, 2.05) is 30.1 Å². The highest BCUT2D eigenvalue weighted by Gasteiger charge is 2.29. The first-order valence-electron chi connectivity index (χ1n) is 8.17. The van der Waals surface area contributed by atoms with Gasteiger partial charge in [0.25, 0.3) is 0 Å². The molecular weight excluding hydrogens is 276 g/mol. The van der Waals surface area contributed by atoms with E-state index in [9.17, 15) is 4.79 Å². The number of methoxy groups -OCH3 is 1. The monoisotopic (exact) mass is 304 g/mol. The second kappa shape index (κ2) is 7.63. The van der Waals surface area contributed by atoms with E-state index in [0.29, 0.717) is 0 Å². The van der Waals surface area contributed by atoms with Gasteiger partial charge in [0.1, 0.15) is 5.75 Å². The zero-order valence-electron chi connectivity index (χ0n) is 13.9. The van der Waals surface area contributed by atoms with Crippen LogP contribution in [0, 0.1) is 5.92 Å². The van der Waals surface area contributed by atoms with Crippen LogP contribution in [-0.4, -0.2) is 37.0 Å². The molecule has 122 valence electrons. The maximum Gasteiger partial charge on any atom is 0.225 e. The van der Waals surface area contributed by atoms with Gasteiger partial charge in [-0.15, -0.1) is 0 Å². The van der Waals surface area contributed by atoms with Crippen molar-refractivity contribution in [1.29, 1.82) is 0 Å². The van der Waals surface area contributed by atoms with Gasteiger partial charge >= 0.3 is 0 Å². The summed E-state index contributed by atoms with van der Waals surface area (Å²) in [5.74, 6) is 1.21. The SMILES string of the molecule is COc1ccccc1CC(C)N(C)C(=O)C1CCCC(N)C1. The van der Waals surface area contributed by atoms with Crippen molar-refractivity contribution < 1.29 is 9.53 Å². The van der Waals surface area contributed by atoms with Crippen LogP contribution >= 0.6 is 0 Å². The second-order valence-corrected chi connectivity index (χ2v) is 6.44. The summed E-state index contributed by atoms with van der Waals surface area (Å²) in [5, 5.41) is 0. The van der Waals surface area contributed by atoms with Crippen molar-refractivity contribution in [3.05, 3.63) is 29.8 Å². The number of amides is 1. The van der Waals surface area contributed by atoms with Crippen molar-refractivity contribution in [2.24, 2.45) is 11.7 Å².